The monoisotopic (exact) mass is 424 g/mol. The van der Waals surface area contributed by atoms with Crippen molar-refractivity contribution in [1.29, 1.82) is 0 Å². The molecule has 0 saturated carbocycles. The number of nitrogens with zero attached hydrogens (tertiary/aromatic N) is 1. The number of benzene rings is 3. The molecule has 3 aromatic carbocycles. The Balaban J connectivity index is 1.86. The van der Waals surface area contributed by atoms with Gasteiger partial charge < -0.3 is 4.74 Å². The van der Waals surface area contributed by atoms with Gasteiger partial charge in [-0.2, -0.15) is 0 Å². The molecule has 3 heteroatoms. The zero-order valence-electron chi connectivity index (χ0n) is 18.7. The molecule has 0 radical (unpaired) electrons. The highest BCUT2D eigenvalue weighted by atomic mass is 32.1. The zero-order chi connectivity index (χ0) is 21.5. The van der Waals surface area contributed by atoms with Crippen LogP contribution in [0.2, 0.25) is 0 Å². The highest BCUT2D eigenvalue weighted by molar-refractivity contribution is 7.17. The van der Waals surface area contributed by atoms with E-state index in [0.717, 1.165) is 17.9 Å². The van der Waals surface area contributed by atoms with Gasteiger partial charge in [0.05, 0.1) is 10.3 Å². The number of aromatic nitrogens is 1. The van der Waals surface area contributed by atoms with Gasteiger partial charge >= 0.3 is 0 Å². The van der Waals surface area contributed by atoms with Gasteiger partial charge in [0.15, 0.2) is 11.9 Å². The molecule has 1 aliphatic rings. The summed E-state index contributed by atoms with van der Waals surface area (Å²) >= 11 is 1.77. The first-order chi connectivity index (χ1) is 14.8. The minimum Gasteiger partial charge on any atom is -0.454 e. The highest BCUT2D eigenvalue weighted by Crippen LogP contribution is 2.53. The molecule has 0 N–H and O–H groups in total. The van der Waals surface area contributed by atoms with E-state index in [4.69, 9.17) is 4.74 Å². The van der Waals surface area contributed by atoms with E-state index in [1.807, 2.05) is 0 Å². The molecule has 0 saturated heterocycles. The van der Waals surface area contributed by atoms with E-state index in [0.29, 0.717) is 0 Å². The standard InChI is InChI=1S/C28H26NOS/c1-16-23-18-9-7-6-8-17(18)10-11-19(23)20(14-28(2,3)4)27-24(16)26-25-21(30-27)15-31-22(25)12-13-29(26)5/h6-13,15H,14H2,1-5H3/q+1. The number of ether oxygens (including phenoxy) is 1. The lowest BCUT2D eigenvalue weighted by atomic mass is 9.81. The lowest BCUT2D eigenvalue weighted by molar-refractivity contribution is -0.659. The van der Waals surface area contributed by atoms with E-state index in [9.17, 15) is 0 Å². The van der Waals surface area contributed by atoms with Crippen molar-refractivity contribution >= 4 is 43.0 Å². The fourth-order valence-corrected chi connectivity index (χ4v) is 6.08. The summed E-state index contributed by atoms with van der Waals surface area (Å²) in [5, 5.41) is 8.69. The number of fused-ring (bicyclic) bond motifs is 5. The van der Waals surface area contributed by atoms with Gasteiger partial charge in [0.25, 0.3) is 0 Å². The highest BCUT2D eigenvalue weighted by Gasteiger charge is 2.34. The predicted molar refractivity (Wildman–Crippen MR) is 131 cm³/mol. The van der Waals surface area contributed by atoms with Crippen molar-refractivity contribution in [3.05, 3.63) is 65.2 Å². The van der Waals surface area contributed by atoms with Gasteiger partial charge in [-0.25, -0.2) is 4.57 Å². The normalized spacial score (nSPS) is 13.1. The van der Waals surface area contributed by atoms with Crippen LogP contribution in [-0.2, 0) is 13.5 Å². The van der Waals surface area contributed by atoms with E-state index in [1.54, 1.807) is 11.3 Å². The van der Waals surface area contributed by atoms with Crippen LogP contribution in [0.1, 0.15) is 31.9 Å². The molecule has 0 atom stereocenters. The summed E-state index contributed by atoms with van der Waals surface area (Å²) in [5.74, 6) is 2.04. The Morgan fingerprint density at radius 2 is 1.77 bits per heavy atom. The van der Waals surface area contributed by atoms with Gasteiger partial charge in [-0.15, -0.1) is 11.3 Å². The summed E-state index contributed by atoms with van der Waals surface area (Å²) < 4.78 is 10.3. The molecule has 0 unspecified atom stereocenters. The molecule has 154 valence electrons. The average Bonchev–Trinajstić information content (AvgIpc) is 3.15. The van der Waals surface area contributed by atoms with Crippen molar-refractivity contribution in [2.24, 2.45) is 12.5 Å². The summed E-state index contributed by atoms with van der Waals surface area (Å²) in [5.41, 5.74) is 5.30. The fraction of sp³-hybridized carbons (Fsp3) is 0.250. The Morgan fingerprint density at radius 3 is 2.58 bits per heavy atom. The minimum absolute atomic E-state index is 0.147. The van der Waals surface area contributed by atoms with Gasteiger partial charge in [0.2, 0.25) is 5.69 Å². The number of hydrogen-bond acceptors (Lipinski definition) is 2. The Bertz CT molecular complexity index is 1530. The number of aryl methyl sites for hydroxylation is 2. The van der Waals surface area contributed by atoms with E-state index >= 15 is 0 Å². The van der Waals surface area contributed by atoms with E-state index in [2.05, 4.69) is 93.4 Å². The molecule has 31 heavy (non-hydrogen) atoms. The van der Waals surface area contributed by atoms with Gasteiger partial charge in [-0.3, -0.25) is 0 Å². The van der Waals surface area contributed by atoms with Gasteiger partial charge in [-0.1, -0.05) is 57.2 Å². The maximum absolute atomic E-state index is 6.72. The van der Waals surface area contributed by atoms with Gasteiger partial charge in [0, 0.05) is 17.0 Å². The second-order valence-electron chi connectivity index (χ2n) is 9.97. The molecule has 0 fully saturated rings. The molecule has 0 aliphatic carbocycles. The third-order valence-electron chi connectivity index (χ3n) is 6.49. The van der Waals surface area contributed by atoms with Crippen molar-refractivity contribution in [3.63, 3.8) is 0 Å². The van der Waals surface area contributed by atoms with Crippen LogP contribution in [0.15, 0.2) is 54.0 Å². The summed E-state index contributed by atoms with van der Waals surface area (Å²) in [6.45, 7) is 9.21. The summed E-state index contributed by atoms with van der Waals surface area (Å²) in [4.78, 5) is 0. The number of hydrogen-bond donors (Lipinski definition) is 0. The Morgan fingerprint density at radius 1 is 0.968 bits per heavy atom. The van der Waals surface area contributed by atoms with E-state index in [-0.39, 0.29) is 5.41 Å². The van der Waals surface area contributed by atoms with Crippen LogP contribution >= 0.6 is 11.3 Å². The van der Waals surface area contributed by atoms with Crippen LogP contribution in [0.4, 0.5) is 0 Å². The molecule has 0 amide bonds. The van der Waals surface area contributed by atoms with Crippen LogP contribution in [0.25, 0.3) is 42.9 Å². The second kappa shape index (κ2) is 6.30. The summed E-state index contributed by atoms with van der Waals surface area (Å²) in [6, 6.07) is 15.5. The van der Waals surface area contributed by atoms with E-state index < -0.39 is 0 Å². The molecular formula is C28H26NOS+. The van der Waals surface area contributed by atoms with Crippen LogP contribution < -0.4 is 9.30 Å². The predicted octanol–water partition coefficient (Wildman–Crippen LogP) is 7.70. The molecule has 3 heterocycles. The molecule has 2 nitrogen and oxygen atoms in total. The lowest BCUT2D eigenvalue weighted by Gasteiger charge is -2.27. The Labute approximate surface area is 186 Å². The van der Waals surface area contributed by atoms with Crippen molar-refractivity contribution in [1.82, 2.24) is 0 Å². The first-order valence-corrected chi connectivity index (χ1v) is 11.8. The quantitative estimate of drug-likeness (QED) is 0.195. The molecule has 5 aromatic rings. The summed E-state index contributed by atoms with van der Waals surface area (Å²) in [6.07, 6.45) is 3.15. The third-order valence-corrected chi connectivity index (χ3v) is 7.41. The smallest absolute Gasteiger partial charge is 0.228 e. The SMILES string of the molecule is Cc1c2c(c(CC(C)(C)C)c3ccc4ccccc4c13)Oc1csc3cc[n+](C)c-2c13. The van der Waals surface area contributed by atoms with Crippen LogP contribution in [0.3, 0.4) is 0 Å². The topological polar surface area (TPSA) is 13.1 Å². The first kappa shape index (κ1) is 18.8. The molecule has 2 aromatic heterocycles. The summed E-state index contributed by atoms with van der Waals surface area (Å²) in [7, 11) is 2.15. The number of rotatable bonds is 1. The van der Waals surface area contributed by atoms with E-state index in [1.165, 1.54) is 54.0 Å². The van der Waals surface area contributed by atoms with Crippen LogP contribution in [0, 0.1) is 12.3 Å². The van der Waals surface area contributed by atoms with Gasteiger partial charge in [0.1, 0.15) is 18.2 Å². The number of thiophene rings is 1. The molecule has 1 aliphatic heterocycles. The third kappa shape index (κ3) is 2.66. The zero-order valence-corrected chi connectivity index (χ0v) is 19.5. The van der Waals surface area contributed by atoms with Gasteiger partial charge in [-0.05, 0) is 45.9 Å². The average molecular weight is 425 g/mol. The van der Waals surface area contributed by atoms with Crippen molar-refractivity contribution < 1.29 is 9.30 Å². The van der Waals surface area contributed by atoms with Crippen molar-refractivity contribution in [3.8, 4) is 22.8 Å². The van der Waals surface area contributed by atoms with Crippen molar-refractivity contribution in [2.45, 2.75) is 34.1 Å². The molecule has 0 bridgehead atoms. The Hall–Kier alpha value is -2.91. The Kier molecular flexibility index (Phi) is 3.83. The lowest BCUT2D eigenvalue weighted by Crippen LogP contribution is -2.31. The van der Waals surface area contributed by atoms with Crippen LogP contribution in [-0.4, -0.2) is 0 Å². The van der Waals surface area contributed by atoms with Crippen molar-refractivity contribution in [2.75, 3.05) is 0 Å². The largest absolute Gasteiger partial charge is 0.454 e. The maximum atomic E-state index is 6.72. The molecule has 6 rings (SSSR count). The second-order valence-corrected chi connectivity index (χ2v) is 10.9. The number of pyridine rings is 1. The first-order valence-electron chi connectivity index (χ1n) is 10.9. The minimum atomic E-state index is 0.147. The fourth-order valence-electron chi connectivity index (χ4n) is 5.23. The molecule has 0 spiro atoms. The molecular weight excluding hydrogens is 398 g/mol. The maximum Gasteiger partial charge on any atom is 0.228 e. The van der Waals surface area contributed by atoms with Crippen LogP contribution in [0.5, 0.6) is 11.5 Å².